The molecule has 9 heteroatoms. The average Bonchev–Trinajstić information content (AvgIpc) is 2.95. The van der Waals surface area contributed by atoms with Gasteiger partial charge in [0.2, 0.25) is 0 Å². The fourth-order valence-electron chi connectivity index (χ4n) is 2.90. The molecule has 3 rings (SSSR count). The Morgan fingerprint density at radius 1 is 1.22 bits per heavy atom. The van der Waals surface area contributed by atoms with Crippen molar-refractivity contribution in [1.29, 1.82) is 0 Å². The van der Waals surface area contributed by atoms with Gasteiger partial charge in [0.05, 0.1) is 32.2 Å². The smallest absolute Gasteiger partial charge is 0.332 e. The third kappa shape index (κ3) is 2.94. The summed E-state index contributed by atoms with van der Waals surface area (Å²) in [5.74, 6) is 0. The Hall–Kier alpha value is -1.97. The zero-order valence-corrected chi connectivity index (χ0v) is 13.3. The minimum absolute atomic E-state index is 0.251. The predicted octanol–water partition coefficient (Wildman–Crippen LogP) is -1.87. The molecular formula is C14H21N5O4. The Kier molecular flexibility index (Phi) is 4.33. The summed E-state index contributed by atoms with van der Waals surface area (Å²) in [6, 6.07) is 0. The summed E-state index contributed by atoms with van der Waals surface area (Å²) in [6.45, 7) is 3.68. The lowest BCUT2D eigenvalue weighted by atomic mass is 10.3. The zero-order valence-electron chi connectivity index (χ0n) is 13.3. The lowest BCUT2D eigenvalue weighted by molar-refractivity contribution is 0.0117. The standard InChI is InChI=1S/C14H21N5O4/c1-16-12-11(13(21)17(2)14(16)22)19(9-15-12)8-10(20)7-18-3-5-23-6-4-18/h9-10,20H,3-8H2,1-2H3. The molecule has 2 aromatic rings. The van der Waals surface area contributed by atoms with E-state index in [0.29, 0.717) is 30.9 Å². The number of nitrogens with zero attached hydrogens (tertiary/aromatic N) is 5. The van der Waals surface area contributed by atoms with E-state index in [0.717, 1.165) is 17.7 Å². The largest absolute Gasteiger partial charge is 0.390 e. The highest BCUT2D eigenvalue weighted by Crippen LogP contribution is 2.07. The topological polar surface area (TPSA) is 94.5 Å². The average molecular weight is 323 g/mol. The predicted molar refractivity (Wildman–Crippen MR) is 83.5 cm³/mol. The quantitative estimate of drug-likeness (QED) is 0.708. The molecule has 1 aliphatic rings. The Labute approximate surface area is 132 Å². The molecule has 0 bridgehead atoms. The van der Waals surface area contributed by atoms with E-state index in [4.69, 9.17) is 4.74 Å². The molecule has 0 aliphatic carbocycles. The minimum Gasteiger partial charge on any atom is -0.390 e. The summed E-state index contributed by atoms with van der Waals surface area (Å²) in [6.07, 6.45) is 0.862. The van der Waals surface area contributed by atoms with Crippen LogP contribution in [0.4, 0.5) is 0 Å². The Bertz CT molecular complexity index is 815. The number of aliphatic hydroxyl groups excluding tert-OH is 1. The van der Waals surface area contributed by atoms with Gasteiger partial charge >= 0.3 is 5.69 Å². The Morgan fingerprint density at radius 2 is 1.91 bits per heavy atom. The molecule has 1 unspecified atom stereocenters. The van der Waals surface area contributed by atoms with Crippen molar-refractivity contribution < 1.29 is 9.84 Å². The summed E-state index contributed by atoms with van der Waals surface area (Å²) in [7, 11) is 3.01. The first kappa shape index (κ1) is 15.9. The van der Waals surface area contributed by atoms with E-state index in [9.17, 15) is 14.7 Å². The highest BCUT2D eigenvalue weighted by molar-refractivity contribution is 5.69. The second-order valence-corrected chi connectivity index (χ2v) is 5.84. The number of aryl methyl sites for hydroxylation is 1. The highest BCUT2D eigenvalue weighted by Gasteiger charge is 2.19. The van der Waals surface area contributed by atoms with Gasteiger partial charge in [0.25, 0.3) is 5.56 Å². The zero-order chi connectivity index (χ0) is 16.6. The van der Waals surface area contributed by atoms with Crippen molar-refractivity contribution >= 4 is 11.2 Å². The van der Waals surface area contributed by atoms with Gasteiger partial charge in [-0.1, -0.05) is 0 Å². The molecule has 0 aromatic carbocycles. The molecule has 9 nitrogen and oxygen atoms in total. The highest BCUT2D eigenvalue weighted by atomic mass is 16.5. The fourth-order valence-corrected chi connectivity index (χ4v) is 2.90. The molecule has 1 atom stereocenters. The lowest BCUT2D eigenvalue weighted by Crippen LogP contribution is -2.42. The molecule has 1 N–H and O–H groups in total. The first-order valence-electron chi connectivity index (χ1n) is 7.58. The third-order valence-corrected chi connectivity index (χ3v) is 4.20. The molecule has 1 aliphatic heterocycles. The number of imidazole rings is 1. The number of aromatic nitrogens is 4. The lowest BCUT2D eigenvalue weighted by Gasteiger charge is -2.28. The van der Waals surface area contributed by atoms with Crippen molar-refractivity contribution in [3.8, 4) is 0 Å². The number of fused-ring (bicyclic) bond motifs is 1. The second kappa shape index (κ2) is 6.26. The van der Waals surface area contributed by atoms with Crippen LogP contribution in [0.5, 0.6) is 0 Å². The molecule has 23 heavy (non-hydrogen) atoms. The van der Waals surface area contributed by atoms with Crippen molar-refractivity contribution in [3.05, 3.63) is 27.2 Å². The summed E-state index contributed by atoms with van der Waals surface area (Å²) in [5.41, 5.74) is -0.159. The molecular weight excluding hydrogens is 302 g/mol. The van der Waals surface area contributed by atoms with Crippen LogP contribution < -0.4 is 11.2 Å². The van der Waals surface area contributed by atoms with Gasteiger partial charge < -0.3 is 14.4 Å². The number of aliphatic hydroxyl groups is 1. The van der Waals surface area contributed by atoms with Gasteiger partial charge in [-0.2, -0.15) is 0 Å². The van der Waals surface area contributed by atoms with Crippen LogP contribution in [-0.2, 0) is 25.4 Å². The second-order valence-electron chi connectivity index (χ2n) is 5.84. The van der Waals surface area contributed by atoms with E-state index in [1.165, 1.54) is 17.9 Å². The number of hydrogen-bond donors (Lipinski definition) is 1. The first-order valence-corrected chi connectivity index (χ1v) is 7.58. The van der Waals surface area contributed by atoms with Crippen LogP contribution in [0.3, 0.4) is 0 Å². The van der Waals surface area contributed by atoms with Crippen LogP contribution in [0.1, 0.15) is 0 Å². The number of hydrogen-bond acceptors (Lipinski definition) is 6. The van der Waals surface area contributed by atoms with E-state index in [1.54, 1.807) is 11.6 Å². The molecule has 1 saturated heterocycles. The molecule has 0 spiro atoms. The van der Waals surface area contributed by atoms with Crippen LogP contribution >= 0.6 is 0 Å². The van der Waals surface area contributed by atoms with Gasteiger partial charge in [-0.25, -0.2) is 9.78 Å². The van der Waals surface area contributed by atoms with Crippen LogP contribution in [0.15, 0.2) is 15.9 Å². The van der Waals surface area contributed by atoms with E-state index in [1.807, 2.05) is 0 Å². The number of β-amino-alcohol motifs (C(OH)–C–C–N with tert-alkyl or cyclic N) is 1. The summed E-state index contributed by atoms with van der Waals surface area (Å²) in [4.78, 5) is 30.5. The first-order chi connectivity index (χ1) is 11.0. The maximum absolute atomic E-state index is 12.3. The number of ether oxygens (including phenoxy) is 1. The third-order valence-electron chi connectivity index (χ3n) is 4.20. The molecule has 3 heterocycles. The molecule has 1 fully saturated rings. The maximum atomic E-state index is 12.3. The molecule has 2 aromatic heterocycles. The Morgan fingerprint density at radius 3 is 2.61 bits per heavy atom. The van der Waals surface area contributed by atoms with Crippen LogP contribution in [0.2, 0.25) is 0 Å². The minimum atomic E-state index is -0.632. The SMILES string of the molecule is Cn1c(=O)c2c(ncn2CC(O)CN2CCOCC2)n(C)c1=O. The van der Waals surface area contributed by atoms with Crippen molar-refractivity contribution in [2.45, 2.75) is 12.6 Å². The molecule has 0 saturated carbocycles. The molecule has 0 radical (unpaired) electrons. The van der Waals surface area contributed by atoms with Gasteiger partial charge in [-0.15, -0.1) is 0 Å². The van der Waals surface area contributed by atoms with Crippen molar-refractivity contribution in [1.82, 2.24) is 23.6 Å². The van der Waals surface area contributed by atoms with Crippen LogP contribution in [0, 0.1) is 0 Å². The fraction of sp³-hybridized carbons (Fsp3) is 0.643. The summed E-state index contributed by atoms with van der Waals surface area (Å²) < 4.78 is 9.28. The van der Waals surface area contributed by atoms with Crippen molar-refractivity contribution in [3.63, 3.8) is 0 Å². The monoisotopic (exact) mass is 323 g/mol. The molecule has 0 amide bonds. The van der Waals surface area contributed by atoms with Gasteiger partial charge in [0.15, 0.2) is 11.2 Å². The van der Waals surface area contributed by atoms with Gasteiger partial charge in [0, 0.05) is 33.7 Å². The summed E-state index contributed by atoms with van der Waals surface area (Å²) >= 11 is 0. The number of rotatable bonds is 4. The van der Waals surface area contributed by atoms with E-state index in [-0.39, 0.29) is 6.54 Å². The Balaban J connectivity index is 1.86. The summed E-state index contributed by atoms with van der Waals surface area (Å²) in [5, 5.41) is 10.3. The van der Waals surface area contributed by atoms with E-state index >= 15 is 0 Å². The van der Waals surface area contributed by atoms with Crippen molar-refractivity contribution in [2.24, 2.45) is 14.1 Å². The number of morpholine rings is 1. The normalized spacial score (nSPS) is 17.7. The van der Waals surface area contributed by atoms with Gasteiger partial charge in [0.1, 0.15) is 0 Å². The van der Waals surface area contributed by atoms with E-state index in [2.05, 4.69) is 9.88 Å². The van der Waals surface area contributed by atoms with Gasteiger partial charge in [-0.05, 0) is 0 Å². The van der Waals surface area contributed by atoms with Crippen LogP contribution in [0.25, 0.3) is 11.2 Å². The van der Waals surface area contributed by atoms with E-state index < -0.39 is 17.4 Å². The van der Waals surface area contributed by atoms with Gasteiger partial charge in [-0.3, -0.25) is 18.8 Å². The molecule has 126 valence electrons. The van der Waals surface area contributed by atoms with Crippen molar-refractivity contribution in [2.75, 3.05) is 32.8 Å². The van der Waals surface area contributed by atoms with Crippen LogP contribution in [-0.4, -0.2) is 67.6 Å². The maximum Gasteiger partial charge on any atom is 0.332 e.